The van der Waals surface area contributed by atoms with Crippen LogP contribution < -0.4 is 15.5 Å². The Hall–Kier alpha value is -1.62. The van der Waals surface area contributed by atoms with Crippen molar-refractivity contribution < 1.29 is 4.74 Å². The molecule has 0 aliphatic rings. The highest BCUT2D eigenvalue weighted by Gasteiger charge is 1.97. The summed E-state index contributed by atoms with van der Waals surface area (Å²) in [5.74, 6) is 0.814. The summed E-state index contributed by atoms with van der Waals surface area (Å²) >= 11 is 5.10. The first-order valence-corrected chi connectivity index (χ1v) is 5.80. The highest BCUT2D eigenvalue weighted by atomic mass is 32.1. The van der Waals surface area contributed by atoms with Crippen LogP contribution in [-0.2, 0) is 0 Å². The first-order valence-electron chi connectivity index (χ1n) is 5.40. The zero-order valence-electron chi connectivity index (χ0n) is 10.3. The number of hydrazone groups is 1. The van der Waals surface area contributed by atoms with Gasteiger partial charge in [0.1, 0.15) is 5.75 Å². The van der Waals surface area contributed by atoms with Gasteiger partial charge in [0, 0.05) is 11.4 Å². The highest BCUT2D eigenvalue weighted by Crippen LogP contribution is 2.14. The van der Waals surface area contributed by atoms with E-state index in [0.717, 1.165) is 23.6 Å². The van der Waals surface area contributed by atoms with Gasteiger partial charge in [0.15, 0.2) is 5.11 Å². The Kier molecular flexibility index (Phi) is 5.42. The van der Waals surface area contributed by atoms with Gasteiger partial charge in [-0.15, -0.1) is 0 Å². The van der Waals surface area contributed by atoms with E-state index in [4.69, 9.17) is 17.0 Å². The number of ether oxygens (including phenoxy) is 1. The van der Waals surface area contributed by atoms with E-state index in [-0.39, 0.29) is 0 Å². The lowest BCUT2D eigenvalue weighted by Crippen LogP contribution is -2.24. The lowest BCUT2D eigenvalue weighted by Gasteiger charge is -2.08. The maximum absolute atomic E-state index is 5.10. The topological polar surface area (TPSA) is 45.7 Å². The largest absolute Gasteiger partial charge is 0.497 e. The predicted molar refractivity (Wildman–Crippen MR) is 75.8 cm³/mol. The number of thiocarbonyl (C=S) groups is 1. The van der Waals surface area contributed by atoms with Gasteiger partial charge < -0.3 is 10.1 Å². The smallest absolute Gasteiger partial charge is 0.191 e. The zero-order chi connectivity index (χ0) is 12.7. The van der Waals surface area contributed by atoms with E-state index in [0.29, 0.717) is 5.11 Å². The molecule has 0 unspecified atom stereocenters. The Morgan fingerprint density at radius 2 is 2.00 bits per heavy atom. The molecule has 0 aliphatic heterocycles. The van der Waals surface area contributed by atoms with Crippen LogP contribution in [0.2, 0.25) is 0 Å². The summed E-state index contributed by atoms with van der Waals surface area (Å²) in [5.41, 5.74) is 4.69. The molecule has 0 radical (unpaired) electrons. The van der Waals surface area contributed by atoms with Crippen LogP contribution in [0.15, 0.2) is 29.4 Å². The molecule has 1 rings (SSSR count). The van der Waals surface area contributed by atoms with Crippen LogP contribution in [0.4, 0.5) is 5.69 Å². The van der Waals surface area contributed by atoms with Gasteiger partial charge in [-0.2, -0.15) is 5.10 Å². The van der Waals surface area contributed by atoms with Crippen molar-refractivity contribution >= 4 is 28.7 Å². The molecule has 0 aliphatic carbocycles. The van der Waals surface area contributed by atoms with Gasteiger partial charge in [-0.3, -0.25) is 5.43 Å². The Bertz CT molecular complexity index is 401. The number of hydrogen-bond acceptors (Lipinski definition) is 3. The lowest BCUT2D eigenvalue weighted by atomic mass is 10.3. The average Bonchev–Trinajstić information content (AvgIpc) is 2.36. The second-order valence-electron chi connectivity index (χ2n) is 3.50. The number of methoxy groups -OCH3 is 1. The van der Waals surface area contributed by atoms with E-state index in [9.17, 15) is 0 Å². The molecule has 0 heterocycles. The van der Waals surface area contributed by atoms with E-state index < -0.39 is 0 Å². The highest BCUT2D eigenvalue weighted by molar-refractivity contribution is 7.80. The Morgan fingerprint density at radius 3 is 2.53 bits per heavy atom. The number of anilines is 1. The third-order valence-corrected chi connectivity index (χ3v) is 2.40. The van der Waals surface area contributed by atoms with Crippen LogP contribution in [-0.4, -0.2) is 17.9 Å². The van der Waals surface area contributed by atoms with E-state index in [1.54, 1.807) is 7.11 Å². The first kappa shape index (κ1) is 13.4. The first-order chi connectivity index (χ1) is 8.15. The molecule has 0 aromatic heterocycles. The summed E-state index contributed by atoms with van der Waals surface area (Å²) in [6, 6.07) is 7.52. The van der Waals surface area contributed by atoms with Crippen LogP contribution >= 0.6 is 12.2 Å². The van der Waals surface area contributed by atoms with Gasteiger partial charge in [-0.05, 0) is 49.8 Å². The Morgan fingerprint density at radius 1 is 1.35 bits per heavy atom. The molecule has 0 saturated heterocycles. The molecule has 17 heavy (non-hydrogen) atoms. The van der Waals surface area contributed by atoms with Crippen molar-refractivity contribution in [2.75, 3.05) is 12.4 Å². The molecule has 2 N–H and O–H groups in total. The predicted octanol–water partition coefficient (Wildman–Crippen LogP) is 2.77. The summed E-state index contributed by atoms with van der Waals surface area (Å²) in [5, 5.41) is 7.62. The van der Waals surface area contributed by atoms with Crippen LogP contribution in [0, 0.1) is 0 Å². The van der Waals surface area contributed by atoms with Crippen molar-refractivity contribution in [1.82, 2.24) is 5.43 Å². The van der Waals surface area contributed by atoms with Crippen molar-refractivity contribution in [2.45, 2.75) is 20.3 Å². The fourth-order valence-electron chi connectivity index (χ4n) is 1.06. The molecular formula is C12H17N3OS. The summed E-state index contributed by atoms with van der Waals surface area (Å²) in [6.45, 7) is 3.99. The quantitative estimate of drug-likeness (QED) is 0.491. The number of nitrogens with one attached hydrogen (secondary N) is 2. The molecule has 5 heteroatoms. The molecule has 92 valence electrons. The average molecular weight is 251 g/mol. The number of rotatable bonds is 4. The van der Waals surface area contributed by atoms with Crippen LogP contribution in [0.25, 0.3) is 0 Å². The number of nitrogens with zero attached hydrogens (tertiary/aromatic N) is 1. The van der Waals surface area contributed by atoms with Gasteiger partial charge in [0.25, 0.3) is 0 Å². The van der Waals surface area contributed by atoms with Gasteiger partial charge in [0.2, 0.25) is 0 Å². The second kappa shape index (κ2) is 6.85. The standard InChI is InChI=1S/C12H17N3OS/c1-4-9(2)14-15-12(17)13-10-5-7-11(16-3)8-6-10/h5-8H,4H2,1-3H3,(H2,13,15,17)/b14-9-. The van der Waals surface area contributed by atoms with Crippen molar-refractivity contribution in [1.29, 1.82) is 0 Å². The second-order valence-corrected chi connectivity index (χ2v) is 3.90. The summed E-state index contributed by atoms with van der Waals surface area (Å²) in [7, 11) is 1.64. The van der Waals surface area contributed by atoms with E-state index in [1.807, 2.05) is 38.1 Å². The zero-order valence-corrected chi connectivity index (χ0v) is 11.1. The van der Waals surface area contributed by atoms with Gasteiger partial charge in [0.05, 0.1) is 7.11 Å². The van der Waals surface area contributed by atoms with Crippen molar-refractivity contribution in [2.24, 2.45) is 5.10 Å². The van der Waals surface area contributed by atoms with Crippen LogP contribution in [0.1, 0.15) is 20.3 Å². The Labute approximate surface area is 107 Å². The molecule has 0 fully saturated rings. The van der Waals surface area contributed by atoms with E-state index in [2.05, 4.69) is 15.8 Å². The van der Waals surface area contributed by atoms with Gasteiger partial charge in [-0.25, -0.2) is 0 Å². The van der Waals surface area contributed by atoms with Crippen molar-refractivity contribution in [3.8, 4) is 5.75 Å². The fraction of sp³-hybridized carbons (Fsp3) is 0.333. The molecule has 0 amide bonds. The third-order valence-electron chi connectivity index (χ3n) is 2.21. The number of benzene rings is 1. The van der Waals surface area contributed by atoms with E-state index >= 15 is 0 Å². The molecular weight excluding hydrogens is 234 g/mol. The van der Waals surface area contributed by atoms with Gasteiger partial charge in [-0.1, -0.05) is 6.92 Å². The van der Waals surface area contributed by atoms with Gasteiger partial charge >= 0.3 is 0 Å². The third kappa shape index (κ3) is 4.82. The normalized spacial score (nSPS) is 10.9. The number of hydrogen-bond donors (Lipinski definition) is 2. The van der Waals surface area contributed by atoms with Crippen molar-refractivity contribution in [3.63, 3.8) is 0 Å². The molecule has 0 spiro atoms. The molecule has 1 aromatic rings. The summed E-state index contributed by atoms with van der Waals surface area (Å²) < 4.78 is 5.07. The lowest BCUT2D eigenvalue weighted by molar-refractivity contribution is 0.415. The minimum Gasteiger partial charge on any atom is -0.497 e. The maximum atomic E-state index is 5.10. The maximum Gasteiger partial charge on any atom is 0.191 e. The van der Waals surface area contributed by atoms with E-state index in [1.165, 1.54) is 0 Å². The summed E-state index contributed by atoms with van der Waals surface area (Å²) in [6.07, 6.45) is 0.901. The Balaban J connectivity index is 2.50. The monoisotopic (exact) mass is 251 g/mol. The SMILES string of the molecule is CC/C(C)=N\NC(=S)Nc1ccc(OC)cc1. The molecule has 0 saturated carbocycles. The van der Waals surface area contributed by atoms with Crippen LogP contribution in [0.5, 0.6) is 5.75 Å². The van der Waals surface area contributed by atoms with Crippen LogP contribution in [0.3, 0.4) is 0 Å². The fourth-order valence-corrected chi connectivity index (χ4v) is 1.22. The minimum atomic E-state index is 0.475. The molecule has 4 nitrogen and oxygen atoms in total. The molecule has 0 atom stereocenters. The summed E-state index contributed by atoms with van der Waals surface area (Å²) in [4.78, 5) is 0. The minimum absolute atomic E-state index is 0.475. The molecule has 0 bridgehead atoms. The molecule has 1 aromatic carbocycles. The van der Waals surface area contributed by atoms with Crippen molar-refractivity contribution in [3.05, 3.63) is 24.3 Å².